The number of carbonyl (C=O) groups excluding carboxylic acids is 1. The van der Waals surface area contributed by atoms with E-state index in [4.69, 9.17) is 0 Å². The van der Waals surface area contributed by atoms with E-state index in [1.807, 2.05) is 24.3 Å². The van der Waals surface area contributed by atoms with E-state index in [0.29, 0.717) is 12.1 Å². The minimum Gasteiger partial charge on any atom is -0.308 e. The maximum Gasteiger partial charge on any atom is 0.261 e. The Hall–Kier alpha value is -2.16. The number of aryl methyl sites for hydroxylation is 2. The van der Waals surface area contributed by atoms with Crippen LogP contribution in [-0.2, 0) is 6.42 Å². The second-order valence-electron chi connectivity index (χ2n) is 5.48. The molecule has 108 valence electrons. The third-order valence-electron chi connectivity index (χ3n) is 4.03. The van der Waals surface area contributed by atoms with Crippen LogP contribution in [0.3, 0.4) is 0 Å². The van der Waals surface area contributed by atoms with Crippen molar-refractivity contribution in [1.29, 1.82) is 0 Å². The van der Waals surface area contributed by atoms with Gasteiger partial charge in [-0.05, 0) is 49.4 Å². The van der Waals surface area contributed by atoms with Crippen LogP contribution in [0.4, 0.5) is 10.1 Å². The molecule has 0 aromatic heterocycles. The second-order valence-corrected chi connectivity index (χ2v) is 5.48. The molecule has 1 amide bonds. The summed E-state index contributed by atoms with van der Waals surface area (Å²) in [4.78, 5) is 14.5. The van der Waals surface area contributed by atoms with E-state index < -0.39 is 5.82 Å². The summed E-state index contributed by atoms with van der Waals surface area (Å²) < 4.78 is 14.2. The van der Waals surface area contributed by atoms with Crippen LogP contribution in [0.15, 0.2) is 42.5 Å². The zero-order valence-electron chi connectivity index (χ0n) is 12.1. The standard InChI is InChI=1S/C18H18FNO/c1-13-7-6-10-15(17(13)19)18(21)20-12-5-4-9-14-8-2-3-11-16(14)20/h2-3,6-8,10-11H,4-5,9,12H2,1H3. The molecule has 0 spiro atoms. The molecule has 1 aliphatic heterocycles. The molecule has 0 aliphatic carbocycles. The van der Waals surface area contributed by atoms with Gasteiger partial charge >= 0.3 is 0 Å². The summed E-state index contributed by atoms with van der Waals surface area (Å²) in [5, 5.41) is 0. The molecule has 0 unspecified atom stereocenters. The molecule has 2 nitrogen and oxygen atoms in total. The smallest absolute Gasteiger partial charge is 0.261 e. The van der Waals surface area contributed by atoms with Crippen molar-refractivity contribution < 1.29 is 9.18 Å². The Morgan fingerprint density at radius 3 is 2.76 bits per heavy atom. The van der Waals surface area contributed by atoms with E-state index >= 15 is 0 Å². The number of rotatable bonds is 1. The van der Waals surface area contributed by atoms with E-state index in [0.717, 1.165) is 30.5 Å². The lowest BCUT2D eigenvalue weighted by molar-refractivity contribution is 0.0983. The fraction of sp³-hybridized carbons (Fsp3) is 0.278. The highest BCUT2D eigenvalue weighted by atomic mass is 19.1. The zero-order chi connectivity index (χ0) is 14.8. The number of hydrogen-bond donors (Lipinski definition) is 0. The van der Waals surface area contributed by atoms with Crippen molar-refractivity contribution in [2.75, 3.05) is 11.4 Å². The van der Waals surface area contributed by atoms with E-state index in [1.54, 1.807) is 30.0 Å². The van der Waals surface area contributed by atoms with Crippen LogP contribution in [0.25, 0.3) is 0 Å². The lowest BCUT2D eigenvalue weighted by Gasteiger charge is -2.23. The fourth-order valence-corrected chi connectivity index (χ4v) is 2.86. The largest absolute Gasteiger partial charge is 0.308 e. The van der Waals surface area contributed by atoms with Crippen molar-refractivity contribution in [2.24, 2.45) is 0 Å². The van der Waals surface area contributed by atoms with Crippen LogP contribution in [0, 0.1) is 12.7 Å². The van der Waals surface area contributed by atoms with Crippen LogP contribution in [0.5, 0.6) is 0 Å². The van der Waals surface area contributed by atoms with Crippen molar-refractivity contribution in [3.8, 4) is 0 Å². The lowest BCUT2D eigenvalue weighted by Crippen LogP contribution is -2.32. The van der Waals surface area contributed by atoms with Crippen LogP contribution in [0.1, 0.15) is 34.3 Å². The van der Waals surface area contributed by atoms with E-state index in [-0.39, 0.29) is 11.5 Å². The third kappa shape index (κ3) is 2.56. The highest BCUT2D eigenvalue weighted by Gasteiger charge is 2.24. The van der Waals surface area contributed by atoms with Crippen LogP contribution < -0.4 is 4.90 Å². The molecule has 2 aromatic rings. The number of benzene rings is 2. The molecule has 0 fully saturated rings. The Labute approximate surface area is 124 Å². The number of fused-ring (bicyclic) bond motifs is 1. The topological polar surface area (TPSA) is 20.3 Å². The monoisotopic (exact) mass is 283 g/mol. The predicted octanol–water partition coefficient (Wildman–Crippen LogP) is 4.12. The van der Waals surface area contributed by atoms with Crippen LogP contribution >= 0.6 is 0 Å². The van der Waals surface area contributed by atoms with E-state index in [1.165, 1.54) is 0 Å². The normalized spacial score (nSPS) is 14.5. The zero-order valence-corrected chi connectivity index (χ0v) is 12.1. The minimum absolute atomic E-state index is 0.159. The van der Waals surface area contributed by atoms with Crippen molar-refractivity contribution in [1.82, 2.24) is 0 Å². The van der Waals surface area contributed by atoms with Gasteiger partial charge in [0.1, 0.15) is 5.82 Å². The average Bonchev–Trinajstić information content (AvgIpc) is 2.72. The Morgan fingerprint density at radius 2 is 1.90 bits per heavy atom. The Morgan fingerprint density at radius 1 is 1.10 bits per heavy atom. The Bertz CT molecular complexity index is 681. The van der Waals surface area contributed by atoms with Crippen LogP contribution in [0.2, 0.25) is 0 Å². The van der Waals surface area contributed by atoms with Gasteiger partial charge < -0.3 is 4.90 Å². The maximum atomic E-state index is 14.2. The molecule has 0 N–H and O–H groups in total. The molecule has 0 radical (unpaired) electrons. The van der Waals surface area contributed by atoms with Gasteiger partial charge in [0.15, 0.2) is 0 Å². The first-order chi connectivity index (χ1) is 10.2. The van der Waals surface area contributed by atoms with Crippen molar-refractivity contribution in [2.45, 2.75) is 26.2 Å². The van der Waals surface area contributed by atoms with Gasteiger partial charge in [0.25, 0.3) is 5.91 Å². The summed E-state index contributed by atoms with van der Waals surface area (Å²) in [5.41, 5.74) is 2.74. The van der Waals surface area contributed by atoms with Gasteiger partial charge in [-0.3, -0.25) is 4.79 Å². The maximum absolute atomic E-state index is 14.2. The molecule has 0 bridgehead atoms. The highest BCUT2D eigenvalue weighted by Crippen LogP contribution is 2.28. The predicted molar refractivity (Wildman–Crippen MR) is 82.2 cm³/mol. The molecular formula is C18H18FNO. The SMILES string of the molecule is Cc1cccc(C(=O)N2CCCCc3ccccc32)c1F. The van der Waals surface area contributed by atoms with Gasteiger partial charge in [-0.1, -0.05) is 30.3 Å². The molecule has 21 heavy (non-hydrogen) atoms. The first-order valence-corrected chi connectivity index (χ1v) is 7.33. The van der Waals surface area contributed by atoms with Gasteiger partial charge in [0.2, 0.25) is 0 Å². The van der Waals surface area contributed by atoms with Crippen molar-refractivity contribution >= 4 is 11.6 Å². The van der Waals surface area contributed by atoms with E-state index in [2.05, 4.69) is 0 Å². The highest BCUT2D eigenvalue weighted by molar-refractivity contribution is 6.06. The van der Waals surface area contributed by atoms with Crippen molar-refractivity contribution in [3.63, 3.8) is 0 Å². The average molecular weight is 283 g/mol. The first kappa shape index (κ1) is 13.8. The van der Waals surface area contributed by atoms with Gasteiger partial charge in [-0.2, -0.15) is 0 Å². The lowest BCUT2D eigenvalue weighted by atomic mass is 10.1. The number of amides is 1. The number of halogens is 1. The molecule has 0 saturated heterocycles. The fourth-order valence-electron chi connectivity index (χ4n) is 2.86. The molecule has 1 aliphatic rings. The molecule has 2 aromatic carbocycles. The number of nitrogens with zero attached hydrogens (tertiary/aromatic N) is 1. The number of hydrogen-bond acceptors (Lipinski definition) is 1. The molecule has 0 saturated carbocycles. The van der Waals surface area contributed by atoms with Gasteiger partial charge in [-0.15, -0.1) is 0 Å². The van der Waals surface area contributed by atoms with Gasteiger partial charge in [0, 0.05) is 12.2 Å². The summed E-state index contributed by atoms with van der Waals surface area (Å²) in [5.74, 6) is -0.658. The summed E-state index contributed by atoms with van der Waals surface area (Å²) in [7, 11) is 0. The van der Waals surface area contributed by atoms with Crippen LogP contribution in [-0.4, -0.2) is 12.5 Å². The summed E-state index contributed by atoms with van der Waals surface area (Å²) >= 11 is 0. The van der Waals surface area contributed by atoms with Gasteiger partial charge in [-0.25, -0.2) is 4.39 Å². The molecule has 3 rings (SSSR count). The molecule has 0 atom stereocenters. The third-order valence-corrected chi connectivity index (χ3v) is 4.03. The Balaban J connectivity index is 2.03. The first-order valence-electron chi connectivity index (χ1n) is 7.33. The van der Waals surface area contributed by atoms with Gasteiger partial charge in [0.05, 0.1) is 5.56 Å². The number of anilines is 1. The Kier molecular flexibility index (Phi) is 3.74. The van der Waals surface area contributed by atoms with Crippen molar-refractivity contribution in [3.05, 3.63) is 65.0 Å². The van der Waals surface area contributed by atoms with E-state index in [9.17, 15) is 9.18 Å². The summed E-state index contributed by atoms with van der Waals surface area (Å²) in [6.07, 6.45) is 2.96. The number of para-hydroxylation sites is 1. The number of carbonyl (C=O) groups is 1. The quantitative estimate of drug-likeness (QED) is 0.771. The minimum atomic E-state index is -0.413. The molecule has 1 heterocycles. The molecule has 3 heteroatoms. The summed E-state index contributed by atoms with van der Waals surface area (Å²) in [6, 6.07) is 12.9. The summed E-state index contributed by atoms with van der Waals surface area (Å²) in [6.45, 7) is 2.33. The second kappa shape index (κ2) is 5.68. The molecular weight excluding hydrogens is 265 g/mol.